The number of benzene rings is 1. The first-order chi connectivity index (χ1) is 12.4. The Bertz CT molecular complexity index is 825. The first-order valence-electron chi connectivity index (χ1n) is 8.75. The highest BCUT2D eigenvalue weighted by atomic mass is 35.5. The standard InChI is InChI=1S/C19H22ClN3O3/c1-13-16(11-22-23(13)15-7-5-6-14(20)10-15)17(24)21-12-19(18(25)26)8-3-2-4-9-19/h5-7,10-11H,2-4,8-9,12H2,1H3,(H,21,24)(H,25,26). The van der Waals surface area contributed by atoms with Gasteiger partial charge in [0.1, 0.15) is 0 Å². The van der Waals surface area contributed by atoms with Crippen LogP contribution in [0.4, 0.5) is 0 Å². The first kappa shape index (κ1) is 18.5. The summed E-state index contributed by atoms with van der Waals surface area (Å²) in [5, 5.41) is 17.3. The monoisotopic (exact) mass is 375 g/mol. The van der Waals surface area contributed by atoms with Crippen LogP contribution in [0.15, 0.2) is 30.5 Å². The van der Waals surface area contributed by atoms with E-state index in [2.05, 4.69) is 10.4 Å². The van der Waals surface area contributed by atoms with Crippen molar-refractivity contribution < 1.29 is 14.7 Å². The third kappa shape index (κ3) is 3.60. The molecule has 0 saturated heterocycles. The number of carboxylic acids is 1. The molecule has 7 heteroatoms. The molecule has 2 N–H and O–H groups in total. The van der Waals surface area contributed by atoms with Crippen LogP contribution in [0.2, 0.25) is 5.02 Å². The molecule has 0 aliphatic heterocycles. The van der Waals surface area contributed by atoms with Crippen LogP contribution in [-0.2, 0) is 4.79 Å². The normalized spacial score (nSPS) is 16.2. The molecule has 1 aromatic carbocycles. The van der Waals surface area contributed by atoms with Crippen molar-refractivity contribution in [2.75, 3.05) is 6.54 Å². The molecule has 138 valence electrons. The summed E-state index contributed by atoms with van der Waals surface area (Å²) in [5.74, 6) is -1.13. The van der Waals surface area contributed by atoms with Crippen molar-refractivity contribution in [2.45, 2.75) is 39.0 Å². The summed E-state index contributed by atoms with van der Waals surface area (Å²) < 4.78 is 1.65. The van der Waals surface area contributed by atoms with E-state index in [9.17, 15) is 14.7 Å². The van der Waals surface area contributed by atoms with Gasteiger partial charge in [-0.3, -0.25) is 9.59 Å². The SMILES string of the molecule is Cc1c(C(=O)NCC2(C(=O)O)CCCCC2)cnn1-c1cccc(Cl)c1. The highest BCUT2D eigenvalue weighted by molar-refractivity contribution is 6.30. The summed E-state index contributed by atoms with van der Waals surface area (Å²) >= 11 is 6.02. The fourth-order valence-electron chi connectivity index (χ4n) is 3.54. The van der Waals surface area contributed by atoms with Crippen molar-refractivity contribution in [1.82, 2.24) is 15.1 Å². The number of carboxylic acid groups (broad SMARTS) is 1. The molecular formula is C19H22ClN3O3. The Morgan fingerprint density at radius 3 is 2.69 bits per heavy atom. The van der Waals surface area contributed by atoms with Gasteiger partial charge in [-0.1, -0.05) is 36.9 Å². The van der Waals surface area contributed by atoms with Crippen LogP contribution in [0.3, 0.4) is 0 Å². The minimum atomic E-state index is -0.856. The van der Waals surface area contributed by atoms with Crippen LogP contribution in [-0.4, -0.2) is 33.3 Å². The Labute approximate surface area is 157 Å². The molecule has 0 unspecified atom stereocenters. The average molecular weight is 376 g/mol. The highest BCUT2D eigenvalue weighted by Gasteiger charge is 2.40. The summed E-state index contributed by atoms with van der Waals surface area (Å²) in [4.78, 5) is 24.3. The molecule has 0 atom stereocenters. The molecule has 1 aromatic heterocycles. The number of carbonyl (C=O) groups excluding carboxylic acids is 1. The molecule has 3 rings (SSSR count). The van der Waals surface area contributed by atoms with Gasteiger partial charge in [-0.2, -0.15) is 5.10 Å². The van der Waals surface area contributed by atoms with Crippen molar-refractivity contribution >= 4 is 23.5 Å². The third-order valence-corrected chi connectivity index (χ3v) is 5.39. The molecule has 0 bridgehead atoms. The van der Waals surface area contributed by atoms with E-state index in [-0.39, 0.29) is 12.5 Å². The fraction of sp³-hybridized carbons (Fsp3) is 0.421. The summed E-state index contributed by atoms with van der Waals surface area (Å²) in [6.07, 6.45) is 5.52. The molecule has 0 radical (unpaired) electrons. The quantitative estimate of drug-likeness (QED) is 0.836. The molecule has 1 aliphatic carbocycles. The van der Waals surface area contributed by atoms with E-state index >= 15 is 0 Å². The maximum atomic E-state index is 12.6. The van der Waals surface area contributed by atoms with Gasteiger partial charge in [-0.25, -0.2) is 4.68 Å². The van der Waals surface area contributed by atoms with E-state index in [4.69, 9.17) is 11.6 Å². The number of nitrogens with one attached hydrogen (secondary N) is 1. The molecule has 26 heavy (non-hydrogen) atoms. The fourth-order valence-corrected chi connectivity index (χ4v) is 3.72. The summed E-state index contributed by atoms with van der Waals surface area (Å²) in [7, 11) is 0. The lowest BCUT2D eigenvalue weighted by molar-refractivity contribution is -0.150. The van der Waals surface area contributed by atoms with Crippen LogP contribution in [0.1, 0.15) is 48.2 Å². The Morgan fingerprint density at radius 2 is 2.04 bits per heavy atom. The summed E-state index contributed by atoms with van der Waals surface area (Å²) in [5.41, 5.74) is 1.02. The molecular weight excluding hydrogens is 354 g/mol. The van der Waals surface area contributed by atoms with E-state index in [1.165, 1.54) is 6.20 Å². The number of aromatic nitrogens is 2. The maximum absolute atomic E-state index is 12.6. The molecule has 2 aromatic rings. The van der Waals surface area contributed by atoms with Gasteiger partial charge >= 0.3 is 5.97 Å². The third-order valence-electron chi connectivity index (χ3n) is 5.16. The Morgan fingerprint density at radius 1 is 1.31 bits per heavy atom. The van der Waals surface area contributed by atoms with Crippen molar-refractivity contribution in [3.05, 3.63) is 46.7 Å². The van der Waals surface area contributed by atoms with Crippen LogP contribution in [0.5, 0.6) is 0 Å². The van der Waals surface area contributed by atoms with Gasteiger partial charge in [0.05, 0.1) is 28.6 Å². The number of rotatable bonds is 5. The van der Waals surface area contributed by atoms with E-state index in [1.807, 2.05) is 12.1 Å². The zero-order valence-electron chi connectivity index (χ0n) is 14.7. The number of nitrogens with zero attached hydrogens (tertiary/aromatic N) is 2. The van der Waals surface area contributed by atoms with Gasteiger partial charge in [0.2, 0.25) is 0 Å². The van der Waals surface area contributed by atoms with Gasteiger partial charge in [-0.15, -0.1) is 0 Å². The van der Waals surface area contributed by atoms with Crippen molar-refractivity contribution in [3.8, 4) is 5.69 Å². The van der Waals surface area contributed by atoms with Crippen LogP contribution in [0, 0.1) is 12.3 Å². The van der Waals surface area contributed by atoms with Gasteiger partial charge in [0, 0.05) is 11.6 Å². The second-order valence-corrected chi connectivity index (χ2v) is 7.30. The zero-order valence-corrected chi connectivity index (χ0v) is 15.4. The Balaban J connectivity index is 1.75. The second-order valence-electron chi connectivity index (χ2n) is 6.86. The minimum Gasteiger partial charge on any atom is -0.481 e. The van der Waals surface area contributed by atoms with E-state index < -0.39 is 11.4 Å². The number of halogens is 1. The lowest BCUT2D eigenvalue weighted by atomic mass is 9.74. The van der Waals surface area contributed by atoms with Crippen molar-refractivity contribution in [2.24, 2.45) is 5.41 Å². The van der Waals surface area contributed by atoms with Crippen molar-refractivity contribution in [3.63, 3.8) is 0 Å². The predicted molar refractivity (Wildman–Crippen MR) is 98.8 cm³/mol. The van der Waals surface area contributed by atoms with Gasteiger partial charge < -0.3 is 10.4 Å². The highest BCUT2D eigenvalue weighted by Crippen LogP contribution is 2.36. The molecule has 1 amide bonds. The van der Waals surface area contributed by atoms with Crippen LogP contribution >= 0.6 is 11.6 Å². The number of carbonyl (C=O) groups is 2. The van der Waals surface area contributed by atoms with Crippen LogP contribution in [0.25, 0.3) is 5.69 Å². The molecule has 6 nitrogen and oxygen atoms in total. The summed E-state index contributed by atoms with van der Waals surface area (Å²) in [6, 6.07) is 7.21. The Hall–Kier alpha value is -2.34. The van der Waals surface area contributed by atoms with Gasteiger partial charge in [-0.05, 0) is 38.0 Å². The second kappa shape index (κ2) is 7.50. The molecule has 1 aliphatic rings. The number of amides is 1. The topological polar surface area (TPSA) is 84.2 Å². The lowest BCUT2D eigenvalue weighted by Crippen LogP contribution is -2.44. The van der Waals surface area contributed by atoms with E-state index in [0.29, 0.717) is 29.1 Å². The smallest absolute Gasteiger partial charge is 0.311 e. The summed E-state index contributed by atoms with van der Waals surface area (Å²) in [6.45, 7) is 1.94. The van der Waals surface area contributed by atoms with E-state index in [1.54, 1.807) is 23.7 Å². The predicted octanol–water partition coefficient (Wildman–Crippen LogP) is 3.60. The first-order valence-corrected chi connectivity index (χ1v) is 9.13. The molecule has 1 saturated carbocycles. The van der Waals surface area contributed by atoms with Gasteiger partial charge in [0.15, 0.2) is 0 Å². The lowest BCUT2D eigenvalue weighted by Gasteiger charge is -2.33. The number of hydrogen-bond acceptors (Lipinski definition) is 3. The molecule has 0 spiro atoms. The van der Waals surface area contributed by atoms with Crippen molar-refractivity contribution in [1.29, 1.82) is 0 Å². The van der Waals surface area contributed by atoms with E-state index in [0.717, 1.165) is 24.9 Å². The average Bonchev–Trinajstić information content (AvgIpc) is 3.02. The molecule has 1 fully saturated rings. The number of hydrogen-bond donors (Lipinski definition) is 2. The van der Waals surface area contributed by atoms with Gasteiger partial charge in [0.25, 0.3) is 5.91 Å². The van der Waals surface area contributed by atoms with Crippen LogP contribution < -0.4 is 5.32 Å². The largest absolute Gasteiger partial charge is 0.481 e. The Kier molecular flexibility index (Phi) is 5.32. The zero-order chi connectivity index (χ0) is 18.7. The minimum absolute atomic E-state index is 0.142. The number of aliphatic carboxylic acids is 1. The molecule has 1 heterocycles. The maximum Gasteiger partial charge on any atom is 0.311 e.